The van der Waals surface area contributed by atoms with Crippen molar-refractivity contribution in [3.8, 4) is 0 Å². The average molecular weight is 695 g/mol. The van der Waals surface area contributed by atoms with Gasteiger partial charge >= 0.3 is 270 Å². The van der Waals surface area contributed by atoms with Crippen molar-refractivity contribution in [2.45, 2.75) is 32.1 Å². The number of β-lactam (4-membered cyclic amide) rings is 1. The molecular formula is C35H41N3O6PS2+. The third-order valence-electron chi connectivity index (χ3n) is 10.0. The summed E-state index contributed by atoms with van der Waals surface area (Å²) in [6.45, 7) is 3.73. The molecule has 47 heavy (non-hydrogen) atoms. The Labute approximate surface area is 284 Å². The predicted octanol–water partition coefficient (Wildman–Crippen LogP) is 4.70. The SMILES string of the molecule is C[C@@H](O)C1C(=O)N2C(C(=O)OCc3ccc([N+](=O)[O-])cc3)=C(SCC[PH](c3ccccc3)(c3ccccc3)[N+]3(C)CCSCC3)CC12. The molecule has 0 spiro atoms. The zero-order valence-electron chi connectivity index (χ0n) is 26.6. The van der Waals surface area contributed by atoms with Crippen LogP contribution in [0.4, 0.5) is 5.69 Å². The second kappa shape index (κ2) is 14.1. The molecule has 0 aromatic heterocycles. The van der Waals surface area contributed by atoms with Crippen molar-refractivity contribution in [1.29, 1.82) is 0 Å². The Bertz CT molecular complexity index is 1610. The zero-order valence-corrected chi connectivity index (χ0v) is 29.3. The number of aliphatic hydroxyl groups is 1. The van der Waals surface area contributed by atoms with Gasteiger partial charge in [-0.25, -0.2) is 0 Å². The van der Waals surface area contributed by atoms with E-state index in [1.165, 1.54) is 27.6 Å². The number of fused-ring (bicyclic) bond motifs is 1. The Morgan fingerprint density at radius 2 is 1.66 bits per heavy atom. The van der Waals surface area contributed by atoms with E-state index in [1.807, 2.05) is 11.8 Å². The summed E-state index contributed by atoms with van der Waals surface area (Å²) in [5.74, 6) is 1.60. The molecule has 3 aromatic rings. The molecule has 2 fully saturated rings. The summed E-state index contributed by atoms with van der Waals surface area (Å²) in [7, 11) is 0.00324. The fourth-order valence-electron chi connectivity index (χ4n) is 7.51. The van der Waals surface area contributed by atoms with Gasteiger partial charge in [-0.3, -0.25) is 10.1 Å². The van der Waals surface area contributed by atoms with Crippen molar-refractivity contribution in [3.63, 3.8) is 0 Å². The molecule has 3 heterocycles. The van der Waals surface area contributed by atoms with E-state index in [9.17, 15) is 24.8 Å². The number of hydrogen-bond acceptors (Lipinski definition) is 8. The second-order valence-corrected chi connectivity index (χ2v) is 19.5. The van der Waals surface area contributed by atoms with E-state index in [0.29, 0.717) is 12.0 Å². The van der Waals surface area contributed by atoms with E-state index >= 15 is 0 Å². The van der Waals surface area contributed by atoms with Gasteiger partial charge in [0, 0.05) is 0 Å². The number of esters is 1. The van der Waals surface area contributed by atoms with Gasteiger partial charge in [0.1, 0.15) is 0 Å². The van der Waals surface area contributed by atoms with Crippen LogP contribution in [0.5, 0.6) is 0 Å². The molecule has 0 aliphatic carbocycles. The van der Waals surface area contributed by atoms with Crippen LogP contribution in [0.15, 0.2) is 95.5 Å². The third kappa shape index (κ3) is 6.36. The number of rotatable bonds is 12. The van der Waals surface area contributed by atoms with Crippen LogP contribution in [-0.2, 0) is 20.9 Å². The summed E-state index contributed by atoms with van der Waals surface area (Å²) >= 11 is 3.66. The number of benzene rings is 3. The molecule has 3 aliphatic rings. The van der Waals surface area contributed by atoms with Gasteiger partial charge in [0.15, 0.2) is 0 Å². The number of thioether (sulfide) groups is 2. The first-order valence-corrected chi connectivity index (χ1v) is 20.3. The zero-order chi connectivity index (χ0) is 33.2. The molecule has 6 rings (SSSR count). The predicted molar refractivity (Wildman–Crippen MR) is 191 cm³/mol. The van der Waals surface area contributed by atoms with Crippen LogP contribution in [0.3, 0.4) is 0 Å². The van der Waals surface area contributed by atoms with Gasteiger partial charge < -0.3 is 0 Å². The van der Waals surface area contributed by atoms with Crippen LogP contribution >= 0.6 is 30.9 Å². The van der Waals surface area contributed by atoms with Crippen molar-refractivity contribution in [2.24, 2.45) is 5.92 Å². The van der Waals surface area contributed by atoms with Crippen molar-refractivity contribution in [3.05, 3.63) is 111 Å². The number of ether oxygens (including phenoxy) is 1. The number of quaternary nitrogens is 1. The number of carbonyl (C=O) groups is 2. The van der Waals surface area contributed by atoms with Crippen molar-refractivity contribution < 1.29 is 28.6 Å². The number of non-ortho nitro benzene ring substituents is 1. The van der Waals surface area contributed by atoms with E-state index < -0.39 is 30.3 Å². The number of carbonyl (C=O) groups excluding carboxylic acids is 2. The topological polar surface area (TPSA) is 110 Å². The summed E-state index contributed by atoms with van der Waals surface area (Å²) in [4.78, 5) is 39.8. The monoisotopic (exact) mass is 694 g/mol. The van der Waals surface area contributed by atoms with E-state index in [4.69, 9.17) is 4.74 Å². The Hall–Kier alpha value is -3.21. The molecule has 0 bridgehead atoms. The van der Waals surface area contributed by atoms with Gasteiger partial charge in [-0.05, 0) is 0 Å². The Kier molecular flexibility index (Phi) is 10.1. The van der Waals surface area contributed by atoms with Gasteiger partial charge in [-0.2, -0.15) is 0 Å². The summed E-state index contributed by atoms with van der Waals surface area (Å²) < 4.78 is 6.71. The normalized spacial score (nSPS) is 21.5. The molecule has 3 atom stereocenters. The molecule has 3 aromatic carbocycles. The van der Waals surface area contributed by atoms with E-state index in [1.54, 1.807) is 30.8 Å². The van der Waals surface area contributed by atoms with E-state index in [-0.39, 0.29) is 29.9 Å². The summed E-state index contributed by atoms with van der Waals surface area (Å²) in [5, 5.41) is 24.2. The molecule has 0 radical (unpaired) electrons. The first-order valence-electron chi connectivity index (χ1n) is 16.0. The Morgan fingerprint density at radius 1 is 1.06 bits per heavy atom. The van der Waals surface area contributed by atoms with Gasteiger partial charge in [-0.1, -0.05) is 0 Å². The average Bonchev–Trinajstić information content (AvgIpc) is 3.40. The molecular weight excluding hydrogens is 654 g/mol. The first kappa shape index (κ1) is 33.7. The standard InChI is InChI=1S/C35H41N3O6PS2/c1-25(39)32-30-23-31(33(36(30)34(32)40)35(41)44-24-26-13-15-27(16-14-26)37(42)43)47-22-19-45(28-9-5-3-6-10-28,29-11-7-4-8-12-29)38(2)17-20-46-21-18-38/h3-16,25,30,32,39,45H,17-24H2,1-2H3/q+1/t25-,30?,32?/m1/s1. The summed E-state index contributed by atoms with van der Waals surface area (Å²) in [6.07, 6.45) is 0.630. The molecule has 1 N–H and O–H groups in total. The summed E-state index contributed by atoms with van der Waals surface area (Å²) in [5.41, 5.74) is 0.842. The van der Waals surface area contributed by atoms with Crippen LogP contribution < -0.4 is 10.6 Å². The quantitative estimate of drug-likeness (QED) is 0.0956. The van der Waals surface area contributed by atoms with Crippen molar-refractivity contribution >= 4 is 59.1 Å². The van der Waals surface area contributed by atoms with E-state index in [0.717, 1.165) is 45.7 Å². The number of aliphatic hydroxyl groups excluding tert-OH is 1. The van der Waals surface area contributed by atoms with Gasteiger partial charge in [0.05, 0.1) is 4.92 Å². The minimum absolute atomic E-state index is 0.0412. The third-order valence-corrected chi connectivity index (χ3v) is 18.3. The molecule has 0 saturated carbocycles. The van der Waals surface area contributed by atoms with Gasteiger partial charge in [-0.15, -0.1) is 0 Å². The molecule has 248 valence electrons. The second-order valence-electron chi connectivity index (χ2n) is 12.7. The van der Waals surface area contributed by atoms with Crippen LogP contribution in [0, 0.1) is 16.0 Å². The van der Waals surface area contributed by atoms with Gasteiger partial charge in [0.25, 0.3) is 0 Å². The minimum atomic E-state index is -2.43. The number of hydrogen-bond donors (Lipinski definition) is 1. The van der Waals surface area contributed by atoms with Gasteiger partial charge in [0.2, 0.25) is 0 Å². The molecule has 3 aliphatic heterocycles. The van der Waals surface area contributed by atoms with Crippen molar-refractivity contribution in [2.75, 3.05) is 43.6 Å². The maximum atomic E-state index is 13.7. The maximum absolute atomic E-state index is 13.7. The fourth-order valence-corrected chi connectivity index (χ4v) is 16.7. The fraction of sp³-hybridized carbons (Fsp3) is 0.371. The summed E-state index contributed by atoms with van der Waals surface area (Å²) in [6, 6.07) is 27.5. The first-order chi connectivity index (χ1) is 22.7. The van der Waals surface area contributed by atoms with Crippen LogP contribution in [-0.4, -0.2) is 86.8 Å². The number of nitrogens with zero attached hydrogens (tertiary/aromatic N) is 3. The molecule has 2 unspecified atom stereocenters. The van der Waals surface area contributed by atoms with Crippen LogP contribution in [0.1, 0.15) is 18.9 Å². The number of nitro benzene ring substituents is 1. The molecule has 2 saturated heterocycles. The van der Waals surface area contributed by atoms with E-state index in [2.05, 4.69) is 67.7 Å². The number of nitro groups is 1. The molecule has 9 nitrogen and oxygen atoms in total. The molecule has 1 amide bonds. The van der Waals surface area contributed by atoms with Crippen molar-refractivity contribution in [1.82, 2.24) is 4.90 Å². The van der Waals surface area contributed by atoms with Crippen LogP contribution in [0.25, 0.3) is 0 Å². The number of amides is 1. The molecule has 12 heteroatoms. The Morgan fingerprint density at radius 3 is 2.21 bits per heavy atom. The Balaban J connectivity index is 1.30. The van der Waals surface area contributed by atoms with Crippen LogP contribution in [0.2, 0.25) is 0 Å².